The van der Waals surface area contributed by atoms with E-state index in [4.69, 9.17) is 9.47 Å². The first kappa shape index (κ1) is 19.4. The monoisotopic (exact) mass is 382 g/mol. The second-order valence-electron chi connectivity index (χ2n) is 6.39. The van der Waals surface area contributed by atoms with E-state index in [9.17, 15) is 14.4 Å². The van der Waals surface area contributed by atoms with Gasteiger partial charge in [-0.25, -0.2) is 4.79 Å². The Kier molecular flexibility index (Phi) is 5.35. The molecule has 0 spiro atoms. The summed E-state index contributed by atoms with van der Waals surface area (Å²) in [6, 6.07) is 10.6. The number of hydrogen-bond acceptors (Lipinski definition) is 5. The Balaban J connectivity index is 2.18. The number of esters is 1. The average Bonchev–Trinajstić information content (AvgIpc) is 2.97. The van der Waals surface area contributed by atoms with Crippen molar-refractivity contribution in [2.75, 3.05) is 13.7 Å². The van der Waals surface area contributed by atoms with E-state index >= 15 is 0 Å². The van der Waals surface area contributed by atoms with E-state index in [0.29, 0.717) is 16.8 Å². The number of fused-ring (bicyclic) bond motifs is 1. The van der Waals surface area contributed by atoms with E-state index in [-0.39, 0.29) is 41.3 Å². The highest BCUT2D eigenvalue weighted by Crippen LogP contribution is 2.31. The minimum Gasteiger partial charge on any atom is -0.493 e. The van der Waals surface area contributed by atoms with Gasteiger partial charge in [-0.3, -0.25) is 9.59 Å². The lowest BCUT2D eigenvalue weighted by atomic mass is 10.1. The summed E-state index contributed by atoms with van der Waals surface area (Å²) in [7, 11) is 3.08. The molecule has 0 aliphatic carbocycles. The number of aryl methyl sites for hydroxylation is 2. The Morgan fingerprint density at radius 2 is 1.82 bits per heavy atom. The van der Waals surface area contributed by atoms with Crippen molar-refractivity contribution in [1.82, 2.24) is 9.13 Å². The van der Waals surface area contributed by atoms with E-state index in [0.717, 1.165) is 0 Å². The molecule has 0 aliphatic rings. The number of ether oxygens (including phenoxy) is 2. The lowest BCUT2D eigenvalue weighted by Gasteiger charge is -2.10. The van der Waals surface area contributed by atoms with Gasteiger partial charge in [0.2, 0.25) is 0 Å². The predicted molar refractivity (Wildman–Crippen MR) is 105 cm³/mol. The van der Waals surface area contributed by atoms with Gasteiger partial charge in [0.15, 0.2) is 17.2 Å². The van der Waals surface area contributed by atoms with Gasteiger partial charge in [-0.05, 0) is 19.9 Å². The van der Waals surface area contributed by atoms with Crippen molar-refractivity contribution in [2.24, 2.45) is 7.05 Å². The standard InChI is InChI=1S/C21H22N2O5/c1-5-28-21(26)18-19(27-4)17-15(22(18)3)11-13(2)23(20(17)25)12-16(24)14-9-7-6-8-10-14/h6-11H,5,12H2,1-4H3. The highest BCUT2D eigenvalue weighted by molar-refractivity contribution is 6.02. The Hall–Kier alpha value is -3.35. The maximum atomic E-state index is 13.2. The Morgan fingerprint density at radius 3 is 2.43 bits per heavy atom. The number of Topliss-reactive ketones (excluding diaryl/α,β-unsaturated/α-hetero) is 1. The van der Waals surface area contributed by atoms with Crippen LogP contribution in [0.2, 0.25) is 0 Å². The largest absolute Gasteiger partial charge is 0.493 e. The van der Waals surface area contributed by atoms with Gasteiger partial charge in [-0.2, -0.15) is 0 Å². The van der Waals surface area contributed by atoms with Crippen molar-refractivity contribution in [3.63, 3.8) is 0 Å². The SMILES string of the molecule is CCOC(=O)c1c(OC)c2c(=O)n(CC(=O)c3ccccc3)c(C)cc2n1C. The molecule has 0 unspecified atom stereocenters. The van der Waals surface area contributed by atoms with Gasteiger partial charge >= 0.3 is 5.97 Å². The number of nitrogens with zero attached hydrogens (tertiary/aromatic N) is 2. The van der Waals surface area contributed by atoms with Crippen LogP contribution in [0.4, 0.5) is 0 Å². The van der Waals surface area contributed by atoms with Crippen molar-refractivity contribution in [3.8, 4) is 5.75 Å². The summed E-state index contributed by atoms with van der Waals surface area (Å²) in [5.74, 6) is -0.588. The number of benzene rings is 1. The molecular weight excluding hydrogens is 360 g/mol. The molecule has 146 valence electrons. The Morgan fingerprint density at radius 1 is 1.14 bits per heavy atom. The fourth-order valence-electron chi connectivity index (χ4n) is 3.31. The first-order valence-corrected chi connectivity index (χ1v) is 8.92. The molecule has 7 heteroatoms. The normalized spacial score (nSPS) is 10.9. The first-order chi connectivity index (χ1) is 13.4. The number of pyridine rings is 1. The summed E-state index contributed by atoms with van der Waals surface area (Å²) >= 11 is 0. The van der Waals surface area contributed by atoms with Crippen LogP contribution in [-0.2, 0) is 18.3 Å². The average molecular weight is 382 g/mol. The summed E-state index contributed by atoms with van der Waals surface area (Å²) in [6.07, 6.45) is 0. The van der Waals surface area contributed by atoms with Crippen LogP contribution in [-0.4, -0.2) is 34.6 Å². The van der Waals surface area contributed by atoms with E-state index in [1.165, 1.54) is 11.7 Å². The third-order valence-electron chi connectivity index (χ3n) is 4.70. The van der Waals surface area contributed by atoms with Crippen LogP contribution in [0, 0.1) is 6.92 Å². The lowest BCUT2D eigenvalue weighted by Crippen LogP contribution is -2.26. The molecule has 0 N–H and O–H groups in total. The van der Waals surface area contributed by atoms with Gasteiger partial charge in [0.1, 0.15) is 5.39 Å². The van der Waals surface area contributed by atoms with Gasteiger partial charge < -0.3 is 18.6 Å². The number of rotatable bonds is 6. The maximum absolute atomic E-state index is 13.2. The first-order valence-electron chi connectivity index (χ1n) is 8.92. The summed E-state index contributed by atoms with van der Waals surface area (Å²) in [4.78, 5) is 38.2. The fourth-order valence-corrected chi connectivity index (χ4v) is 3.31. The molecule has 2 heterocycles. The number of carbonyl (C=O) groups excluding carboxylic acids is 2. The van der Waals surface area contributed by atoms with Crippen LogP contribution in [0.5, 0.6) is 5.75 Å². The zero-order valence-electron chi connectivity index (χ0n) is 16.3. The van der Waals surface area contributed by atoms with Crippen molar-refractivity contribution in [3.05, 3.63) is 63.7 Å². The van der Waals surface area contributed by atoms with Crippen LogP contribution in [0.15, 0.2) is 41.2 Å². The predicted octanol–water partition coefficient (Wildman–Crippen LogP) is 2.72. The second-order valence-corrected chi connectivity index (χ2v) is 6.39. The van der Waals surface area contributed by atoms with Gasteiger partial charge in [0.05, 0.1) is 25.8 Å². The molecule has 0 radical (unpaired) electrons. The van der Waals surface area contributed by atoms with Crippen LogP contribution < -0.4 is 10.3 Å². The Bertz CT molecular complexity index is 1110. The molecular formula is C21H22N2O5. The quantitative estimate of drug-likeness (QED) is 0.484. The molecule has 0 saturated heterocycles. The van der Waals surface area contributed by atoms with E-state index in [2.05, 4.69) is 0 Å². The highest BCUT2D eigenvalue weighted by atomic mass is 16.5. The van der Waals surface area contributed by atoms with Gasteiger partial charge in [-0.15, -0.1) is 0 Å². The zero-order valence-corrected chi connectivity index (χ0v) is 16.3. The van der Waals surface area contributed by atoms with Crippen molar-refractivity contribution < 1.29 is 19.1 Å². The van der Waals surface area contributed by atoms with Crippen LogP contribution in [0.3, 0.4) is 0 Å². The highest BCUT2D eigenvalue weighted by Gasteiger charge is 2.26. The van der Waals surface area contributed by atoms with Crippen molar-refractivity contribution in [2.45, 2.75) is 20.4 Å². The molecule has 0 bridgehead atoms. The summed E-state index contributed by atoms with van der Waals surface area (Å²) in [5, 5.41) is 0.250. The van der Waals surface area contributed by atoms with Crippen molar-refractivity contribution in [1.29, 1.82) is 0 Å². The summed E-state index contributed by atoms with van der Waals surface area (Å²) < 4.78 is 13.5. The maximum Gasteiger partial charge on any atom is 0.358 e. The number of ketones is 1. The topological polar surface area (TPSA) is 79.5 Å². The number of carbonyl (C=O) groups is 2. The van der Waals surface area contributed by atoms with Gasteiger partial charge in [0, 0.05) is 18.3 Å². The van der Waals surface area contributed by atoms with Crippen LogP contribution in [0.1, 0.15) is 33.5 Å². The minimum absolute atomic E-state index is 0.0998. The molecule has 7 nitrogen and oxygen atoms in total. The summed E-state index contributed by atoms with van der Waals surface area (Å²) in [5.41, 5.74) is 1.47. The minimum atomic E-state index is -0.568. The Labute approximate surface area is 162 Å². The molecule has 3 rings (SSSR count). The van der Waals surface area contributed by atoms with Crippen LogP contribution >= 0.6 is 0 Å². The molecule has 1 aromatic carbocycles. The van der Waals surface area contributed by atoms with Gasteiger partial charge in [0.25, 0.3) is 5.56 Å². The lowest BCUT2D eigenvalue weighted by molar-refractivity contribution is 0.0512. The van der Waals surface area contributed by atoms with E-state index < -0.39 is 5.97 Å². The van der Waals surface area contributed by atoms with Gasteiger partial charge in [-0.1, -0.05) is 30.3 Å². The zero-order chi connectivity index (χ0) is 20.4. The third-order valence-corrected chi connectivity index (χ3v) is 4.70. The third kappa shape index (κ3) is 3.19. The number of hydrogen-bond donors (Lipinski definition) is 0. The second kappa shape index (κ2) is 7.72. The smallest absolute Gasteiger partial charge is 0.358 e. The molecule has 3 aromatic rings. The number of aromatic nitrogens is 2. The van der Waals surface area contributed by atoms with E-state index in [1.807, 2.05) is 6.07 Å². The molecule has 0 atom stereocenters. The molecule has 0 fully saturated rings. The molecule has 0 amide bonds. The molecule has 0 aliphatic heterocycles. The molecule has 28 heavy (non-hydrogen) atoms. The van der Waals surface area contributed by atoms with Crippen molar-refractivity contribution >= 4 is 22.7 Å². The number of methoxy groups -OCH3 is 1. The van der Waals surface area contributed by atoms with E-state index in [1.54, 1.807) is 55.8 Å². The molecule has 2 aromatic heterocycles. The fraction of sp³-hybridized carbons (Fsp3) is 0.286. The molecule has 0 saturated carbocycles. The van der Waals surface area contributed by atoms with Crippen LogP contribution in [0.25, 0.3) is 10.9 Å². The summed E-state index contributed by atoms with van der Waals surface area (Å²) in [6.45, 7) is 3.57.